The summed E-state index contributed by atoms with van der Waals surface area (Å²) in [6.07, 6.45) is -1.32. The lowest BCUT2D eigenvalue weighted by Crippen LogP contribution is -2.15. The van der Waals surface area contributed by atoms with Gasteiger partial charge in [0.2, 0.25) is 0 Å². The number of hydrogen-bond acceptors (Lipinski definition) is 3. The Kier molecular flexibility index (Phi) is 2.08. The van der Waals surface area contributed by atoms with E-state index in [0.717, 1.165) is 0 Å². The van der Waals surface area contributed by atoms with E-state index in [1.807, 2.05) is 0 Å². The first kappa shape index (κ1) is 4.05. The minimum Gasteiger partial charge on any atom is -0.394 e. The molecular formula is C3H8O3. The molecule has 0 aliphatic carbocycles. The molecule has 0 unspecified atom stereocenters. The first-order chi connectivity index (χ1) is 3.18. The maximum atomic E-state index is 8.25. The van der Waals surface area contributed by atoms with E-state index in [9.17, 15) is 0 Å². The van der Waals surface area contributed by atoms with Crippen molar-refractivity contribution in [1.29, 1.82) is 0 Å². The second-order valence-corrected chi connectivity index (χ2v) is 0.899. The van der Waals surface area contributed by atoms with Gasteiger partial charge in [0, 0.05) is 0 Å². The van der Waals surface area contributed by atoms with Crippen molar-refractivity contribution >= 4 is 0 Å². The molecule has 0 bridgehead atoms. The van der Waals surface area contributed by atoms with Gasteiger partial charge in [0.25, 0.3) is 0 Å². The Morgan fingerprint density at radius 1 is 1.67 bits per heavy atom. The Morgan fingerprint density at radius 3 is 2.17 bits per heavy atom. The molecular weight excluding hydrogens is 84.0 g/mol. The molecule has 0 fully saturated rings. The summed E-state index contributed by atoms with van der Waals surface area (Å²) in [4.78, 5) is 0. The Labute approximate surface area is 37.3 Å². The zero-order chi connectivity index (χ0) is 5.86. The van der Waals surface area contributed by atoms with Gasteiger partial charge in [0.05, 0.1) is 14.6 Å². The molecule has 0 rings (SSSR count). The third-order valence-electron chi connectivity index (χ3n) is 0.359. The zero-order valence-corrected chi connectivity index (χ0v) is 3.20. The summed E-state index contributed by atoms with van der Waals surface area (Å²) < 4.78 is 6.33. The van der Waals surface area contributed by atoms with Crippen LogP contribution < -0.4 is 0 Å². The maximum Gasteiger partial charge on any atom is 0.100 e. The van der Waals surface area contributed by atoms with Gasteiger partial charge < -0.3 is 15.3 Å². The van der Waals surface area contributed by atoms with Gasteiger partial charge in [-0.3, -0.25) is 0 Å². The van der Waals surface area contributed by atoms with Crippen LogP contribution in [-0.2, 0) is 0 Å². The molecule has 3 heteroatoms. The number of rotatable bonds is 2. The van der Waals surface area contributed by atoms with E-state index in [0.29, 0.717) is 0 Å². The summed E-state index contributed by atoms with van der Waals surface area (Å²) in [5.74, 6) is 0. The van der Waals surface area contributed by atoms with Gasteiger partial charge in [-0.1, -0.05) is 0 Å². The van der Waals surface area contributed by atoms with Crippen LogP contribution in [0.4, 0.5) is 0 Å². The molecule has 2 atom stereocenters. The van der Waals surface area contributed by atoms with Crippen molar-refractivity contribution < 1.29 is 16.7 Å². The van der Waals surface area contributed by atoms with Gasteiger partial charge in [0.15, 0.2) is 0 Å². The quantitative estimate of drug-likeness (QED) is 0.382. The van der Waals surface area contributed by atoms with Crippen molar-refractivity contribution in [3.05, 3.63) is 0 Å². The number of aliphatic hydroxyl groups is 3. The van der Waals surface area contributed by atoms with Gasteiger partial charge in [-0.25, -0.2) is 0 Å². The third kappa shape index (κ3) is 2.14. The first-order valence-electron chi connectivity index (χ1n) is 2.15. The van der Waals surface area contributed by atoms with Crippen molar-refractivity contribution in [2.24, 2.45) is 0 Å². The Morgan fingerprint density at radius 2 is 2.17 bits per heavy atom. The zero-order valence-electron chi connectivity index (χ0n) is 4.20. The van der Waals surface area contributed by atoms with E-state index >= 15 is 0 Å². The Bertz CT molecular complexity index is 47.4. The van der Waals surface area contributed by atoms with Gasteiger partial charge in [-0.15, -0.1) is 0 Å². The highest BCUT2D eigenvalue weighted by Gasteiger charge is 1.93. The van der Waals surface area contributed by atoms with Crippen LogP contribution in [0.15, 0.2) is 0 Å². The van der Waals surface area contributed by atoms with Crippen LogP contribution >= 0.6 is 0 Å². The van der Waals surface area contributed by atoms with E-state index in [2.05, 4.69) is 0 Å². The highest BCUT2D eigenvalue weighted by molar-refractivity contribution is 4.43. The Hall–Kier alpha value is -0.120. The molecule has 0 amide bonds. The number of aliphatic hydroxyl groups excluding tert-OH is 3. The minimum absolute atomic E-state index is 0.565. The van der Waals surface area contributed by atoms with Gasteiger partial charge in [-0.05, 0) is 0 Å². The van der Waals surface area contributed by atoms with Crippen LogP contribution in [0.5, 0.6) is 0 Å². The summed E-state index contributed by atoms with van der Waals surface area (Å²) in [5, 5.41) is 24.3. The fraction of sp³-hybridized carbons (Fsp3) is 1.00. The van der Waals surface area contributed by atoms with Gasteiger partial charge in [0.1, 0.15) is 6.10 Å². The molecule has 0 aliphatic rings. The summed E-state index contributed by atoms with van der Waals surface area (Å²) in [6, 6.07) is 0. The molecule has 38 valence electrons. The molecule has 0 spiro atoms. The fourth-order valence-electron chi connectivity index (χ4n) is 0.0471. The standard InChI is InChI=1S/C3H8O3/c4-1-3(6)2-5/h3-6H,1-2H2/i1D/t1-,3-/m1/s1. The highest BCUT2D eigenvalue weighted by atomic mass is 16.3. The molecule has 6 heavy (non-hydrogen) atoms. The molecule has 0 radical (unpaired) electrons. The van der Waals surface area contributed by atoms with Crippen LogP contribution in [0.1, 0.15) is 1.37 Å². The van der Waals surface area contributed by atoms with E-state index in [4.69, 9.17) is 16.7 Å². The second-order valence-electron chi connectivity index (χ2n) is 0.899. The molecule has 3 nitrogen and oxygen atoms in total. The fourth-order valence-corrected chi connectivity index (χ4v) is 0.0471. The SMILES string of the molecule is [2H][C@@H](O)[C@@H](O)CO. The van der Waals surface area contributed by atoms with Gasteiger partial charge >= 0.3 is 0 Å². The predicted molar refractivity (Wildman–Crippen MR) is 20.2 cm³/mol. The summed E-state index contributed by atoms with van der Waals surface area (Å²) in [5.41, 5.74) is 0. The smallest absolute Gasteiger partial charge is 0.100 e. The largest absolute Gasteiger partial charge is 0.394 e. The molecule has 0 aromatic rings. The van der Waals surface area contributed by atoms with Crippen LogP contribution in [0, 0.1) is 0 Å². The average Bonchev–Trinajstić information content (AvgIpc) is 1.65. The van der Waals surface area contributed by atoms with E-state index < -0.39 is 19.3 Å². The summed E-state index contributed by atoms with van der Waals surface area (Å²) in [6.45, 7) is -2.14. The van der Waals surface area contributed by atoms with E-state index in [1.165, 1.54) is 0 Å². The van der Waals surface area contributed by atoms with Crippen molar-refractivity contribution in [1.82, 2.24) is 0 Å². The van der Waals surface area contributed by atoms with E-state index in [1.54, 1.807) is 0 Å². The first-order valence-corrected chi connectivity index (χ1v) is 1.57. The summed E-state index contributed by atoms with van der Waals surface area (Å²) >= 11 is 0. The van der Waals surface area contributed by atoms with Crippen molar-refractivity contribution in [2.75, 3.05) is 13.2 Å². The maximum absolute atomic E-state index is 8.25. The molecule has 0 aromatic heterocycles. The van der Waals surface area contributed by atoms with Crippen molar-refractivity contribution in [3.63, 3.8) is 0 Å². The predicted octanol–water partition coefficient (Wildman–Crippen LogP) is -1.67. The molecule has 0 heterocycles. The molecule has 0 aliphatic heterocycles. The van der Waals surface area contributed by atoms with Gasteiger partial charge in [-0.2, -0.15) is 0 Å². The molecule has 0 saturated heterocycles. The van der Waals surface area contributed by atoms with Crippen LogP contribution in [0.3, 0.4) is 0 Å². The van der Waals surface area contributed by atoms with Crippen molar-refractivity contribution in [2.45, 2.75) is 6.10 Å². The monoisotopic (exact) mass is 93.1 g/mol. The van der Waals surface area contributed by atoms with Crippen LogP contribution in [-0.4, -0.2) is 34.6 Å². The van der Waals surface area contributed by atoms with Crippen molar-refractivity contribution in [3.8, 4) is 0 Å². The summed E-state index contributed by atoms with van der Waals surface area (Å²) in [7, 11) is 0. The van der Waals surface area contributed by atoms with Crippen LogP contribution in [0.25, 0.3) is 0 Å². The molecule has 0 aromatic carbocycles. The molecule has 0 saturated carbocycles. The third-order valence-corrected chi connectivity index (χ3v) is 0.359. The molecule has 3 N–H and O–H groups in total. The lowest BCUT2D eigenvalue weighted by Gasteiger charge is -1.96. The lowest BCUT2D eigenvalue weighted by molar-refractivity contribution is 0.0450. The minimum atomic E-state index is -1.58. The normalized spacial score (nSPS) is 22.2. The second kappa shape index (κ2) is 3.08. The topological polar surface area (TPSA) is 60.7 Å². The van der Waals surface area contributed by atoms with Crippen LogP contribution in [0.2, 0.25) is 0 Å². The highest BCUT2D eigenvalue weighted by Crippen LogP contribution is 1.71. The lowest BCUT2D eigenvalue weighted by atomic mass is 10.4. The average molecular weight is 93.1 g/mol. The van der Waals surface area contributed by atoms with E-state index in [-0.39, 0.29) is 0 Å². The number of hydrogen-bond donors (Lipinski definition) is 3. The Balaban J connectivity index is 3.14.